The number of nitriles is 1. The first-order valence-corrected chi connectivity index (χ1v) is 9.27. The lowest BCUT2D eigenvalue weighted by molar-refractivity contribution is 0.0342. The number of carbonyl (C=O) groups is 1. The largest absolute Gasteiger partial charge is 0.552 e. The minimum Gasteiger partial charge on any atom is -0.532 e. The lowest BCUT2D eigenvalue weighted by atomic mass is 9.82. The van der Waals surface area contributed by atoms with E-state index in [0.717, 1.165) is 11.1 Å². The first-order valence-electron chi connectivity index (χ1n) is 9.27. The highest BCUT2D eigenvalue weighted by Crippen LogP contribution is 2.34. The molecule has 0 radical (unpaired) electrons. The predicted molar refractivity (Wildman–Crippen MR) is 106 cm³/mol. The molecule has 9 nitrogen and oxygen atoms in total. The summed E-state index contributed by atoms with van der Waals surface area (Å²) in [4.78, 5) is 12.0. The number of aromatic nitrogens is 2. The van der Waals surface area contributed by atoms with Crippen molar-refractivity contribution in [1.82, 2.24) is 9.78 Å². The van der Waals surface area contributed by atoms with Crippen LogP contribution in [0.2, 0.25) is 0 Å². The van der Waals surface area contributed by atoms with Gasteiger partial charge in [0.2, 0.25) is 0 Å². The zero-order chi connectivity index (χ0) is 20.5. The molecule has 1 amide bonds. The first kappa shape index (κ1) is 19.0. The number of fused-ring (bicyclic) bond motifs is 1. The van der Waals surface area contributed by atoms with Crippen molar-refractivity contribution in [2.45, 2.75) is 19.4 Å². The van der Waals surface area contributed by atoms with Crippen LogP contribution in [0.25, 0.3) is 5.57 Å². The van der Waals surface area contributed by atoms with Gasteiger partial charge in [0.15, 0.2) is 5.82 Å². The van der Waals surface area contributed by atoms with E-state index in [1.165, 1.54) is 0 Å². The van der Waals surface area contributed by atoms with Crippen LogP contribution in [0.3, 0.4) is 0 Å². The summed E-state index contributed by atoms with van der Waals surface area (Å²) in [5, 5.41) is 26.7. The molecule has 1 aromatic carbocycles. The number of amides is 1. The molecule has 0 aliphatic carbocycles. The Morgan fingerprint density at radius 3 is 3.10 bits per heavy atom. The second kappa shape index (κ2) is 7.62. The van der Waals surface area contributed by atoms with Crippen molar-refractivity contribution in [3.8, 4) is 11.8 Å². The van der Waals surface area contributed by atoms with E-state index in [9.17, 15) is 15.1 Å². The fourth-order valence-corrected chi connectivity index (χ4v) is 3.59. The van der Waals surface area contributed by atoms with Crippen molar-refractivity contribution in [2.75, 3.05) is 18.5 Å². The second-order valence-electron chi connectivity index (χ2n) is 7.10. The topological polar surface area (TPSA) is 135 Å². The van der Waals surface area contributed by atoms with Crippen LogP contribution in [0.4, 0.5) is 11.5 Å². The lowest BCUT2D eigenvalue weighted by Gasteiger charge is -2.26. The van der Waals surface area contributed by atoms with Gasteiger partial charge in [-0.1, -0.05) is 0 Å². The molecule has 10 heteroatoms. The van der Waals surface area contributed by atoms with Gasteiger partial charge in [0.25, 0.3) is 5.91 Å². The van der Waals surface area contributed by atoms with E-state index in [2.05, 4.69) is 16.5 Å². The van der Waals surface area contributed by atoms with Crippen LogP contribution in [0.1, 0.15) is 35.3 Å². The predicted octanol–water partition coefficient (Wildman–Crippen LogP) is 1.64. The molecule has 0 unspecified atom stereocenters. The van der Waals surface area contributed by atoms with E-state index in [-0.39, 0.29) is 17.5 Å². The molecule has 0 bridgehead atoms. The normalized spacial score (nSPS) is 20.9. The number of nitrogens with two attached hydrogens (primary N) is 1. The average molecular weight is 393 g/mol. The second-order valence-corrected chi connectivity index (χ2v) is 7.10. The molecule has 148 valence electrons. The molecule has 1 fully saturated rings. The van der Waals surface area contributed by atoms with Gasteiger partial charge >= 0.3 is 7.12 Å². The summed E-state index contributed by atoms with van der Waals surface area (Å²) in [6, 6.07) is 7.34. The minimum atomic E-state index is -0.968. The van der Waals surface area contributed by atoms with Crippen LogP contribution in [0.15, 0.2) is 30.4 Å². The number of hydrogen-bond donors (Lipinski definition) is 3. The van der Waals surface area contributed by atoms with Crippen molar-refractivity contribution in [2.24, 2.45) is 11.7 Å². The van der Waals surface area contributed by atoms with Crippen LogP contribution in [-0.4, -0.2) is 41.0 Å². The van der Waals surface area contributed by atoms with Crippen LogP contribution in [0, 0.1) is 17.2 Å². The molecule has 3 heterocycles. The number of carbonyl (C=O) groups excluding carboxylic acids is 1. The van der Waals surface area contributed by atoms with Crippen molar-refractivity contribution in [1.29, 1.82) is 5.26 Å². The molecule has 29 heavy (non-hydrogen) atoms. The number of benzene rings is 1. The zero-order valence-electron chi connectivity index (χ0n) is 15.8. The summed E-state index contributed by atoms with van der Waals surface area (Å²) in [7, 11) is -0.968. The van der Waals surface area contributed by atoms with Gasteiger partial charge in [-0.25, -0.2) is 0 Å². The number of primary amides is 1. The highest BCUT2D eigenvalue weighted by Gasteiger charge is 2.30. The molecule has 2 aliphatic rings. The van der Waals surface area contributed by atoms with Gasteiger partial charge < -0.3 is 25.5 Å². The van der Waals surface area contributed by atoms with E-state index < -0.39 is 13.0 Å². The molecule has 2 atom stereocenters. The van der Waals surface area contributed by atoms with Gasteiger partial charge in [0, 0.05) is 24.1 Å². The summed E-state index contributed by atoms with van der Waals surface area (Å²) in [6.45, 7) is 2.76. The number of nitrogens with zero attached hydrogens (tertiary/aromatic N) is 3. The molecule has 0 spiro atoms. The molecule has 1 aromatic heterocycles. The molecular formula is C19H20BN5O4. The van der Waals surface area contributed by atoms with Gasteiger partial charge in [0.1, 0.15) is 11.3 Å². The van der Waals surface area contributed by atoms with Gasteiger partial charge in [-0.2, -0.15) is 10.4 Å². The Morgan fingerprint density at radius 2 is 2.34 bits per heavy atom. The van der Waals surface area contributed by atoms with Crippen molar-refractivity contribution < 1.29 is 19.2 Å². The number of anilines is 2. The zero-order valence-corrected chi connectivity index (χ0v) is 15.8. The number of rotatable bonds is 4. The molecule has 4 N–H and O–H groups in total. The summed E-state index contributed by atoms with van der Waals surface area (Å²) in [5.41, 5.74) is 8.15. The first-order chi connectivity index (χ1) is 14.0. The monoisotopic (exact) mass is 393 g/mol. The van der Waals surface area contributed by atoms with Crippen LogP contribution >= 0.6 is 0 Å². The Labute approximate surface area is 167 Å². The molecular weight excluding hydrogens is 373 g/mol. The van der Waals surface area contributed by atoms with E-state index in [0.29, 0.717) is 36.9 Å². The molecule has 2 aliphatic heterocycles. The summed E-state index contributed by atoms with van der Waals surface area (Å²) in [6.07, 6.45) is 2.16. The summed E-state index contributed by atoms with van der Waals surface area (Å²) < 4.78 is 12.5. The fourth-order valence-electron chi connectivity index (χ4n) is 3.59. The highest BCUT2D eigenvalue weighted by atomic mass is 16.5. The Bertz CT molecular complexity index is 1030. The summed E-state index contributed by atoms with van der Waals surface area (Å²) in [5.74, 6) is 1.61. The SMILES string of the molecule is CC1=CB(O)Oc2ccc(Nc3nn([C@@H]4COCC[C@H]4C#N)cc3C(N)=O)cc21. The number of nitrogens with one attached hydrogen (secondary N) is 1. The van der Waals surface area contributed by atoms with Crippen LogP contribution in [-0.2, 0) is 4.74 Å². The number of hydrogen-bond acceptors (Lipinski definition) is 7. The molecule has 1 saturated heterocycles. The maximum Gasteiger partial charge on any atom is 0.552 e. The third kappa shape index (κ3) is 3.70. The molecule has 0 saturated carbocycles. The number of allylic oxidation sites excluding steroid dienone is 1. The lowest BCUT2D eigenvalue weighted by Crippen LogP contribution is -2.29. The van der Waals surface area contributed by atoms with Gasteiger partial charge in [0.05, 0.1) is 24.6 Å². The molecule has 4 rings (SSSR count). The van der Waals surface area contributed by atoms with Crippen LogP contribution < -0.4 is 15.7 Å². The van der Waals surface area contributed by atoms with Gasteiger partial charge in [-0.05, 0) is 43.1 Å². The van der Waals surface area contributed by atoms with Crippen molar-refractivity contribution >= 4 is 30.1 Å². The van der Waals surface area contributed by atoms with Crippen molar-refractivity contribution in [3.05, 3.63) is 41.5 Å². The Morgan fingerprint density at radius 1 is 1.52 bits per heavy atom. The smallest absolute Gasteiger partial charge is 0.532 e. The minimum absolute atomic E-state index is 0.226. The quantitative estimate of drug-likeness (QED) is 0.672. The Balaban J connectivity index is 1.65. The highest BCUT2D eigenvalue weighted by molar-refractivity contribution is 6.52. The van der Waals surface area contributed by atoms with Gasteiger partial charge in [-0.15, -0.1) is 0 Å². The van der Waals surface area contributed by atoms with Crippen LogP contribution in [0.5, 0.6) is 5.75 Å². The maximum absolute atomic E-state index is 12.0. The number of ether oxygens (including phenoxy) is 1. The Hall–Kier alpha value is -3.29. The third-order valence-electron chi connectivity index (χ3n) is 5.14. The van der Waals surface area contributed by atoms with E-state index in [4.69, 9.17) is 15.1 Å². The van der Waals surface area contributed by atoms with Gasteiger partial charge in [-0.3, -0.25) is 9.48 Å². The van der Waals surface area contributed by atoms with E-state index in [1.54, 1.807) is 29.0 Å². The van der Waals surface area contributed by atoms with Crippen molar-refractivity contribution in [3.63, 3.8) is 0 Å². The summed E-state index contributed by atoms with van der Waals surface area (Å²) >= 11 is 0. The Kier molecular flexibility index (Phi) is 5.00. The maximum atomic E-state index is 12.0. The standard InChI is InChI=1S/C19H20BN5O4/c1-11-7-20(27)29-17-3-2-13(6-14(11)17)23-19-15(18(22)26)9-25(24-19)16-10-28-5-4-12(16)8-21/h2-3,6-7,9,12,16,27H,4-5,10H2,1H3,(H2,22,26)(H,23,24)/t12-,16+/m0/s1. The molecule has 2 aromatic rings. The van der Waals surface area contributed by atoms with E-state index in [1.807, 2.05) is 13.0 Å². The fraction of sp³-hybridized carbons (Fsp3) is 0.316. The third-order valence-corrected chi connectivity index (χ3v) is 5.14. The average Bonchev–Trinajstić information content (AvgIpc) is 3.12. The van der Waals surface area contributed by atoms with E-state index >= 15 is 0 Å².